The Kier molecular flexibility index (Phi) is 6.09. The Morgan fingerprint density at radius 3 is 2.63 bits per heavy atom. The predicted octanol–water partition coefficient (Wildman–Crippen LogP) is 3.77. The number of aromatic nitrogens is 2. The van der Waals surface area contributed by atoms with Crippen LogP contribution in [-0.2, 0) is 6.42 Å². The summed E-state index contributed by atoms with van der Waals surface area (Å²) in [5, 5.41) is 6.37. The van der Waals surface area contributed by atoms with E-state index in [2.05, 4.69) is 39.7 Å². The fourth-order valence-corrected chi connectivity index (χ4v) is 3.88. The van der Waals surface area contributed by atoms with E-state index in [1.54, 1.807) is 0 Å². The second-order valence-electron chi connectivity index (χ2n) is 7.19. The van der Waals surface area contributed by atoms with Gasteiger partial charge in [0, 0.05) is 19.6 Å². The molecule has 156 valence electrons. The van der Waals surface area contributed by atoms with Gasteiger partial charge in [-0.25, -0.2) is 14.8 Å². The number of fused-ring (bicyclic) bond motifs is 1. The summed E-state index contributed by atoms with van der Waals surface area (Å²) in [7, 11) is 0. The number of nitrogens with one attached hydrogen (secondary N) is 2. The topological polar surface area (TPSA) is 79.4 Å². The average Bonchev–Trinajstić information content (AvgIpc) is 2.79. The maximum Gasteiger partial charge on any atom is 0.323 e. The van der Waals surface area contributed by atoms with Crippen molar-refractivity contribution < 1.29 is 9.53 Å². The first-order valence-electron chi connectivity index (χ1n) is 10.5. The Morgan fingerprint density at radius 1 is 1.13 bits per heavy atom. The van der Waals surface area contributed by atoms with Gasteiger partial charge >= 0.3 is 6.03 Å². The number of hydrogen-bond donors (Lipinski definition) is 2. The lowest BCUT2D eigenvalue weighted by molar-refractivity contribution is 0.170. The molecule has 2 N–H and O–H groups in total. The summed E-state index contributed by atoms with van der Waals surface area (Å²) in [6, 6.07) is 15.6. The predicted molar refractivity (Wildman–Crippen MR) is 118 cm³/mol. The molecule has 0 aliphatic carbocycles. The van der Waals surface area contributed by atoms with Gasteiger partial charge in [0.2, 0.25) is 0 Å². The van der Waals surface area contributed by atoms with Gasteiger partial charge in [0.15, 0.2) is 5.82 Å². The summed E-state index contributed by atoms with van der Waals surface area (Å²) in [5.74, 6) is 0.687. The number of amides is 2. The molecular weight excluding hydrogens is 378 g/mol. The molecule has 0 spiro atoms. The van der Waals surface area contributed by atoms with Crippen LogP contribution in [0.15, 0.2) is 48.5 Å². The molecule has 1 aromatic heterocycles. The van der Waals surface area contributed by atoms with Gasteiger partial charge in [0.05, 0.1) is 23.7 Å². The van der Waals surface area contributed by atoms with Crippen molar-refractivity contribution in [3.63, 3.8) is 0 Å². The van der Waals surface area contributed by atoms with Crippen molar-refractivity contribution in [2.24, 2.45) is 0 Å². The molecule has 1 aliphatic rings. The van der Waals surface area contributed by atoms with Crippen molar-refractivity contribution in [3.8, 4) is 5.88 Å². The minimum atomic E-state index is -0.196. The summed E-state index contributed by atoms with van der Waals surface area (Å²) in [5.41, 5.74) is 3.88. The van der Waals surface area contributed by atoms with E-state index in [9.17, 15) is 4.79 Å². The SMILES string of the molecule is CCOc1nc2ccccc2nc1NC(=O)N1CCNCC1c1ccccc1CC. The largest absolute Gasteiger partial charge is 0.475 e. The number of hydrogen-bond acceptors (Lipinski definition) is 5. The van der Waals surface area contributed by atoms with Crippen molar-refractivity contribution in [2.45, 2.75) is 26.3 Å². The minimum Gasteiger partial charge on any atom is -0.475 e. The van der Waals surface area contributed by atoms with Crippen molar-refractivity contribution in [2.75, 3.05) is 31.6 Å². The molecule has 2 amide bonds. The zero-order valence-electron chi connectivity index (χ0n) is 17.4. The highest BCUT2D eigenvalue weighted by Crippen LogP contribution is 2.28. The normalized spacial score (nSPS) is 16.5. The second kappa shape index (κ2) is 9.09. The van der Waals surface area contributed by atoms with Crippen LogP contribution in [0.4, 0.5) is 10.6 Å². The highest BCUT2D eigenvalue weighted by atomic mass is 16.5. The molecule has 7 heteroatoms. The first kappa shape index (κ1) is 20.1. The smallest absolute Gasteiger partial charge is 0.323 e. The number of rotatable bonds is 5. The Morgan fingerprint density at radius 2 is 1.87 bits per heavy atom. The Hall–Kier alpha value is -3.19. The Labute approximate surface area is 176 Å². The van der Waals surface area contributed by atoms with Gasteiger partial charge in [0.1, 0.15) is 0 Å². The highest BCUT2D eigenvalue weighted by molar-refractivity contribution is 5.91. The first-order valence-corrected chi connectivity index (χ1v) is 10.5. The van der Waals surface area contributed by atoms with Gasteiger partial charge in [-0.1, -0.05) is 43.3 Å². The maximum absolute atomic E-state index is 13.3. The number of aryl methyl sites for hydroxylation is 1. The van der Waals surface area contributed by atoms with Crippen LogP contribution in [0.5, 0.6) is 5.88 Å². The number of urea groups is 1. The van der Waals surface area contributed by atoms with E-state index in [0.29, 0.717) is 36.9 Å². The van der Waals surface area contributed by atoms with Gasteiger partial charge in [-0.15, -0.1) is 0 Å². The summed E-state index contributed by atoms with van der Waals surface area (Å²) >= 11 is 0. The lowest BCUT2D eigenvalue weighted by Gasteiger charge is -2.37. The molecule has 0 bridgehead atoms. The molecule has 1 fully saturated rings. The third kappa shape index (κ3) is 4.07. The van der Waals surface area contributed by atoms with E-state index in [4.69, 9.17) is 4.74 Å². The molecule has 1 saturated heterocycles. The average molecular weight is 406 g/mol. The molecule has 1 unspecified atom stereocenters. The lowest BCUT2D eigenvalue weighted by Crippen LogP contribution is -2.50. The van der Waals surface area contributed by atoms with Crippen LogP contribution in [0.3, 0.4) is 0 Å². The van der Waals surface area contributed by atoms with Crippen molar-refractivity contribution in [3.05, 3.63) is 59.7 Å². The van der Waals surface area contributed by atoms with Crippen LogP contribution < -0.4 is 15.4 Å². The van der Waals surface area contributed by atoms with Gasteiger partial charge in [0.25, 0.3) is 5.88 Å². The molecule has 3 aromatic rings. The Balaban J connectivity index is 1.64. The van der Waals surface area contributed by atoms with E-state index in [0.717, 1.165) is 18.5 Å². The van der Waals surface area contributed by atoms with Crippen LogP contribution in [0.2, 0.25) is 0 Å². The molecule has 1 aliphatic heterocycles. The van der Waals surface area contributed by atoms with Crippen LogP contribution in [0.1, 0.15) is 31.0 Å². The van der Waals surface area contributed by atoms with E-state index in [-0.39, 0.29) is 12.1 Å². The number of anilines is 1. The zero-order valence-corrected chi connectivity index (χ0v) is 17.4. The molecule has 0 radical (unpaired) electrons. The number of benzene rings is 2. The number of nitrogens with zero attached hydrogens (tertiary/aromatic N) is 3. The van der Waals surface area contributed by atoms with E-state index < -0.39 is 0 Å². The lowest BCUT2D eigenvalue weighted by atomic mass is 9.96. The molecule has 2 aromatic carbocycles. The molecule has 7 nitrogen and oxygen atoms in total. The van der Waals surface area contributed by atoms with E-state index in [1.807, 2.05) is 48.2 Å². The van der Waals surface area contributed by atoms with Gasteiger partial charge in [-0.05, 0) is 36.6 Å². The van der Waals surface area contributed by atoms with Crippen LogP contribution in [0, 0.1) is 0 Å². The molecule has 1 atom stereocenters. The molecule has 30 heavy (non-hydrogen) atoms. The monoisotopic (exact) mass is 405 g/mol. The van der Waals surface area contributed by atoms with Crippen molar-refractivity contribution in [1.29, 1.82) is 0 Å². The summed E-state index contributed by atoms with van der Waals surface area (Å²) in [6.07, 6.45) is 0.923. The fourth-order valence-electron chi connectivity index (χ4n) is 3.88. The number of piperazine rings is 1. The number of ether oxygens (including phenoxy) is 1. The standard InChI is InChI=1S/C23H27N5O2/c1-3-16-9-5-6-10-17(16)20-15-24-13-14-28(20)23(29)27-21-22(30-4-2)26-19-12-8-7-11-18(19)25-21/h5-12,20,24H,3-4,13-15H2,1-2H3,(H,25,27,29). The van der Waals surface area contributed by atoms with Crippen LogP contribution in [0.25, 0.3) is 11.0 Å². The van der Waals surface area contributed by atoms with Gasteiger partial charge < -0.3 is 15.0 Å². The minimum absolute atomic E-state index is 0.0427. The summed E-state index contributed by atoms with van der Waals surface area (Å²) in [4.78, 5) is 24.3. The number of carbonyl (C=O) groups excluding carboxylic acids is 1. The second-order valence-corrected chi connectivity index (χ2v) is 7.19. The van der Waals surface area contributed by atoms with Crippen molar-refractivity contribution in [1.82, 2.24) is 20.2 Å². The first-order chi connectivity index (χ1) is 14.7. The summed E-state index contributed by atoms with van der Waals surface area (Å²) in [6.45, 7) is 6.54. The molecular formula is C23H27N5O2. The number of para-hydroxylation sites is 2. The Bertz CT molecular complexity index is 1040. The van der Waals surface area contributed by atoms with E-state index >= 15 is 0 Å². The quantitative estimate of drug-likeness (QED) is 0.676. The zero-order chi connectivity index (χ0) is 20.9. The van der Waals surface area contributed by atoms with Gasteiger partial charge in [-0.2, -0.15) is 0 Å². The molecule has 2 heterocycles. The third-order valence-corrected chi connectivity index (χ3v) is 5.34. The third-order valence-electron chi connectivity index (χ3n) is 5.34. The maximum atomic E-state index is 13.3. The summed E-state index contributed by atoms with van der Waals surface area (Å²) < 4.78 is 5.66. The van der Waals surface area contributed by atoms with Gasteiger partial charge in [-0.3, -0.25) is 5.32 Å². The highest BCUT2D eigenvalue weighted by Gasteiger charge is 2.30. The molecule has 0 saturated carbocycles. The molecule has 4 rings (SSSR count). The number of carbonyl (C=O) groups is 1. The van der Waals surface area contributed by atoms with Crippen molar-refractivity contribution >= 4 is 22.9 Å². The van der Waals surface area contributed by atoms with Crippen LogP contribution in [-0.4, -0.2) is 47.1 Å². The van der Waals surface area contributed by atoms with Crippen LogP contribution >= 0.6 is 0 Å². The van der Waals surface area contributed by atoms with E-state index in [1.165, 1.54) is 11.1 Å². The fraction of sp³-hybridized carbons (Fsp3) is 0.348.